The minimum Gasteiger partial charge on any atom is -0.309 e. The number of aromatic nitrogens is 1. The second-order valence-corrected chi connectivity index (χ2v) is 15.0. The third-order valence-electron chi connectivity index (χ3n) is 11.7. The summed E-state index contributed by atoms with van der Waals surface area (Å²) in [6, 6.07) is 78.5. The van der Waals surface area contributed by atoms with Crippen LogP contribution in [0.15, 0.2) is 212 Å². The number of hydrogen-bond acceptors (Lipinski definition) is 1. The second-order valence-electron chi connectivity index (χ2n) is 15.0. The predicted octanol–water partition coefficient (Wildman–Crippen LogP) is 13.5. The summed E-state index contributed by atoms with van der Waals surface area (Å²) < 4.78 is 2.39. The molecule has 1 atom stereocenters. The summed E-state index contributed by atoms with van der Waals surface area (Å²) in [5, 5.41) is 11.9. The summed E-state index contributed by atoms with van der Waals surface area (Å²) in [6.07, 6.45) is 0. The Morgan fingerprint density at radius 2 is 0.914 bits per heavy atom. The zero-order valence-electron chi connectivity index (χ0n) is 31.6. The van der Waals surface area contributed by atoms with Crippen LogP contribution in [0.5, 0.6) is 0 Å². The van der Waals surface area contributed by atoms with E-state index < -0.39 is 0 Å². The van der Waals surface area contributed by atoms with Crippen molar-refractivity contribution >= 4 is 38.9 Å². The van der Waals surface area contributed by atoms with Gasteiger partial charge in [-0.05, 0) is 117 Å². The number of nitriles is 1. The van der Waals surface area contributed by atoms with Crippen LogP contribution in [0.2, 0.25) is 0 Å². The van der Waals surface area contributed by atoms with Gasteiger partial charge in [0.1, 0.15) is 17.1 Å². The van der Waals surface area contributed by atoms with Crippen LogP contribution < -0.4 is 4.90 Å². The molecule has 1 unspecified atom stereocenters. The minimum absolute atomic E-state index is 0.670. The highest BCUT2D eigenvalue weighted by Crippen LogP contribution is 2.42. The van der Waals surface area contributed by atoms with E-state index >= 15 is 0 Å². The highest BCUT2D eigenvalue weighted by atomic mass is 15.2. The van der Waals surface area contributed by atoms with E-state index in [1.165, 1.54) is 88.3 Å². The molecule has 0 bridgehead atoms. The van der Waals surface area contributed by atoms with Crippen molar-refractivity contribution in [2.45, 2.75) is 0 Å². The van der Waals surface area contributed by atoms with Gasteiger partial charge in [0, 0.05) is 46.3 Å². The fraction of sp³-hybridized carbons (Fsp3) is 0. The van der Waals surface area contributed by atoms with E-state index in [-0.39, 0.29) is 0 Å². The van der Waals surface area contributed by atoms with Crippen molar-refractivity contribution in [3.05, 3.63) is 218 Å². The zero-order chi connectivity index (χ0) is 38.6. The molecule has 0 saturated carbocycles. The average Bonchev–Trinajstić information content (AvgIpc) is 3.82. The number of nitrogens with zero attached hydrogens (tertiary/aromatic N) is 2. The lowest BCUT2D eigenvalue weighted by atomic mass is 9.96. The van der Waals surface area contributed by atoms with E-state index in [0.717, 1.165) is 16.8 Å². The number of rotatable bonds is 6. The molecule has 3 heteroatoms. The molecule has 58 heavy (non-hydrogen) atoms. The fourth-order valence-corrected chi connectivity index (χ4v) is 8.90. The second kappa shape index (κ2) is 13.8. The maximum absolute atomic E-state index is 9.40. The van der Waals surface area contributed by atoms with Crippen LogP contribution in [0, 0.1) is 11.3 Å². The summed E-state index contributed by atoms with van der Waals surface area (Å²) in [7, 11) is 0. The van der Waals surface area contributed by atoms with Crippen LogP contribution in [-0.2, 0) is 0 Å². The van der Waals surface area contributed by atoms with Crippen LogP contribution in [0.25, 0.3) is 83.1 Å². The van der Waals surface area contributed by atoms with Gasteiger partial charge in [0.25, 0.3) is 0 Å². The van der Waals surface area contributed by atoms with Gasteiger partial charge in [-0.2, -0.15) is 5.26 Å². The first-order valence-electron chi connectivity index (χ1n) is 19.7. The van der Waals surface area contributed by atoms with Gasteiger partial charge in [-0.1, -0.05) is 115 Å². The third kappa shape index (κ3) is 5.63. The largest absolute Gasteiger partial charge is 0.309 e. The third-order valence-corrected chi connectivity index (χ3v) is 11.7. The van der Waals surface area contributed by atoms with Crippen LogP contribution in [0.4, 0.5) is 17.1 Å². The van der Waals surface area contributed by atoms with Gasteiger partial charge in [0.15, 0.2) is 0 Å². The molecular weight excluding hydrogens is 703 g/mol. The molecule has 2 heterocycles. The molecule has 0 aliphatic carbocycles. The van der Waals surface area contributed by atoms with Gasteiger partial charge < -0.3 is 4.57 Å². The molecular formula is C55H36N3+. The maximum atomic E-state index is 9.40. The Labute approximate surface area is 337 Å². The van der Waals surface area contributed by atoms with E-state index in [4.69, 9.17) is 0 Å². The summed E-state index contributed by atoms with van der Waals surface area (Å²) in [6.45, 7) is 0. The molecule has 3 nitrogen and oxygen atoms in total. The number of para-hydroxylation sites is 2. The Hall–Kier alpha value is -7.77. The monoisotopic (exact) mass is 738 g/mol. The standard InChI is InChI=1S/C55H35N3/c56-36-37-10-8-13-42(32-37)41-24-28-46(29-25-41)57-52-18-6-4-16-48(52)50-34-44(26-30-54(50)57)39-20-22-40(23-21-39)45-27-31-55-51(35-45)49-17-5-7-19-53(49)58(55)47-15-9-14-43(33-47)38-11-2-1-3-12-38/h1-35H/p+1. The van der Waals surface area contributed by atoms with Crippen molar-refractivity contribution in [2.75, 3.05) is 0 Å². The van der Waals surface area contributed by atoms with Crippen molar-refractivity contribution in [1.29, 1.82) is 5.26 Å². The Kier molecular flexibility index (Phi) is 7.96. The minimum atomic E-state index is 0.670. The first kappa shape index (κ1) is 33.6. The SMILES string of the molecule is N#Cc1cccc(-c2ccc([NH+]3c4ccccc4-c4cc(-c5ccc(-c6ccc7c(c6)c6ccccc6n7-c6cccc(-c7ccccc7)c6)cc5)ccc43)cc2)c1. The summed E-state index contributed by atoms with van der Waals surface area (Å²) in [5.41, 5.74) is 19.8. The van der Waals surface area contributed by atoms with Gasteiger partial charge >= 0.3 is 0 Å². The Morgan fingerprint density at radius 3 is 1.71 bits per heavy atom. The molecule has 1 aliphatic rings. The molecule has 1 aliphatic heterocycles. The quantitative estimate of drug-likeness (QED) is 0.181. The Bertz CT molecular complexity index is 3220. The molecule has 0 spiro atoms. The van der Waals surface area contributed by atoms with Gasteiger partial charge in [-0.3, -0.25) is 0 Å². The first-order valence-corrected chi connectivity index (χ1v) is 19.7. The molecule has 270 valence electrons. The Balaban J connectivity index is 0.915. The van der Waals surface area contributed by atoms with Crippen LogP contribution in [0.1, 0.15) is 5.56 Å². The summed E-state index contributed by atoms with van der Waals surface area (Å²) in [4.78, 5) is 1.26. The molecule has 0 saturated heterocycles. The van der Waals surface area contributed by atoms with Crippen molar-refractivity contribution in [3.63, 3.8) is 0 Å². The van der Waals surface area contributed by atoms with Crippen LogP contribution >= 0.6 is 0 Å². The lowest BCUT2D eigenvalue weighted by Gasteiger charge is -2.15. The lowest BCUT2D eigenvalue weighted by molar-refractivity contribution is -0.677. The number of hydrogen-bond donors (Lipinski definition) is 1. The molecule has 9 aromatic carbocycles. The highest BCUT2D eigenvalue weighted by Gasteiger charge is 2.33. The fourth-order valence-electron chi connectivity index (χ4n) is 8.90. The smallest absolute Gasteiger partial charge is 0.149 e. The molecule has 0 amide bonds. The number of fused-ring (bicyclic) bond motifs is 6. The molecule has 0 fully saturated rings. The number of benzene rings is 9. The molecule has 1 N–H and O–H groups in total. The van der Waals surface area contributed by atoms with Gasteiger partial charge in [0.05, 0.1) is 28.2 Å². The molecule has 0 radical (unpaired) electrons. The summed E-state index contributed by atoms with van der Waals surface area (Å²) >= 11 is 0. The topological polar surface area (TPSA) is 33.2 Å². The summed E-state index contributed by atoms with van der Waals surface area (Å²) in [5.74, 6) is 0. The van der Waals surface area contributed by atoms with Crippen molar-refractivity contribution in [3.8, 4) is 67.4 Å². The van der Waals surface area contributed by atoms with E-state index in [1.807, 2.05) is 18.2 Å². The molecule has 1 aromatic heterocycles. The lowest BCUT2D eigenvalue weighted by Crippen LogP contribution is -2.95. The predicted molar refractivity (Wildman–Crippen MR) is 239 cm³/mol. The van der Waals surface area contributed by atoms with Gasteiger partial charge in [-0.15, -0.1) is 0 Å². The van der Waals surface area contributed by atoms with Crippen LogP contribution in [-0.4, -0.2) is 4.57 Å². The highest BCUT2D eigenvalue weighted by molar-refractivity contribution is 6.10. The average molecular weight is 739 g/mol. The van der Waals surface area contributed by atoms with Gasteiger partial charge in [0.2, 0.25) is 0 Å². The van der Waals surface area contributed by atoms with Crippen molar-refractivity contribution in [2.24, 2.45) is 0 Å². The molecule has 10 aromatic rings. The van der Waals surface area contributed by atoms with Gasteiger partial charge in [-0.25, -0.2) is 4.90 Å². The number of nitrogens with one attached hydrogen (secondary N) is 1. The molecule has 11 rings (SSSR count). The van der Waals surface area contributed by atoms with E-state index in [0.29, 0.717) is 5.56 Å². The van der Waals surface area contributed by atoms with E-state index in [2.05, 4.69) is 205 Å². The normalized spacial score (nSPS) is 13.0. The zero-order valence-corrected chi connectivity index (χ0v) is 31.6. The maximum Gasteiger partial charge on any atom is 0.149 e. The number of quaternary nitrogens is 1. The first-order chi connectivity index (χ1) is 28.7. The van der Waals surface area contributed by atoms with Crippen LogP contribution in [0.3, 0.4) is 0 Å². The van der Waals surface area contributed by atoms with Crippen molar-refractivity contribution in [1.82, 2.24) is 4.57 Å². The van der Waals surface area contributed by atoms with E-state index in [1.54, 1.807) is 0 Å². The van der Waals surface area contributed by atoms with E-state index in [9.17, 15) is 5.26 Å². The van der Waals surface area contributed by atoms with Crippen molar-refractivity contribution < 1.29 is 4.90 Å². The Morgan fingerprint density at radius 1 is 0.362 bits per heavy atom.